The van der Waals surface area contributed by atoms with Gasteiger partial charge < -0.3 is 10.4 Å². The van der Waals surface area contributed by atoms with E-state index in [2.05, 4.69) is 21.2 Å². The molecule has 1 rings (SSSR count). The van der Waals surface area contributed by atoms with Crippen molar-refractivity contribution in [2.45, 2.75) is 32.7 Å². The van der Waals surface area contributed by atoms with E-state index in [-0.39, 0.29) is 18.6 Å². The summed E-state index contributed by atoms with van der Waals surface area (Å²) in [5, 5.41) is 11.8. The van der Waals surface area contributed by atoms with Gasteiger partial charge in [-0.3, -0.25) is 4.79 Å². The molecule has 3 nitrogen and oxygen atoms in total. The molecule has 0 fully saturated rings. The van der Waals surface area contributed by atoms with Gasteiger partial charge in [-0.2, -0.15) is 0 Å². The molecular formula is C13H18BrNO2. The third-order valence-electron chi connectivity index (χ3n) is 2.74. The lowest BCUT2D eigenvalue weighted by molar-refractivity contribution is 0.0929. The average molecular weight is 300 g/mol. The number of carbonyl (C=O) groups excluding carboxylic acids is 1. The molecule has 94 valence electrons. The Kier molecular flexibility index (Phi) is 5.65. The molecule has 0 radical (unpaired) electrons. The van der Waals surface area contributed by atoms with Gasteiger partial charge in [-0.25, -0.2) is 0 Å². The van der Waals surface area contributed by atoms with Crippen LogP contribution in [0, 0.1) is 6.92 Å². The zero-order valence-corrected chi connectivity index (χ0v) is 11.8. The van der Waals surface area contributed by atoms with Crippen molar-refractivity contribution in [3.63, 3.8) is 0 Å². The average Bonchev–Trinajstić information content (AvgIpc) is 2.31. The Hall–Kier alpha value is -0.870. The van der Waals surface area contributed by atoms with Crippen molar-refractivity contribution in [3.05, 3.63) is 33.8 Å². The van der Waals surface area contributed by atoms with Crippen molar-refractivity contribution in [2.75, 3.05) is 6.61 Å². The van der Waals surface area contributed by atoms with E-state index in [4.69, 9.17) is 5.11 Å². The van der Waals surface area contributed by atoms with Gasteiger partial charge in [-0.05, 0) is 37.5 Å². The van der Waals surface area contributed by atoms with E-state index in [1.54, 1.807) is 6.07 Å². The van der Waals surface area contributed by atoms with Crippen molar-refractivity contribution in [1.29, 1.82) is 0 Å². The van der Waals surface area contributed by atoms with E-state index >= 15 is 0 Å². The van der Waals surface area contributed by atoms with E-state index < -0.39 is 0 Å². The Morgan fingerprint density at radius 3 is 2.76 bits per heavy atom. The summed E-state index contributed by atoms with van der Waals surface area (Å²) in [6.45, 7) is 4.06. The molecule has 0 aromatic heterocycles. The van der Waals surface area contributed by atoms with Crippen molar-refractivity contribution >= 4 is 21.8 Å². The Labute approximate surface area is 110 Å². The number of aliphatic hydroxyl groups is 1. The van der Waals surface area contributed by atoms with Crippen LogP contribution >= 0.6 is 15.9 Å². The van der Waals surface area contributed by atoms with Gasteiger partial charge in [0.2, 0.25) is 0 Å². The van der Waals surface area contributed by atoms with Crippen LogP contribution in [0.5, 0.6) is 0 Å². The van der Waals surface area contributed by atoms with Gasteiger partial charge in [0.15, 0.2) is 0 Å². The molecule has 17 heavy (non-hydrogen) atoms. The highest BCUT2D eigenvalue weighted by atomic mass is 79.9. The summed E-state index contributed by atoms with van der Waals surface area (Å²) in [5.41, 5.74) is 1.74. The number of carbonyl (C=O) groups is 1. The van der Waals surface area contributed by atoms with Crippen LogP contribution in [-0.4, -0.2) is 23.7 Å². The van der Waals surface area contributed by atoms with Gasteiger partial charge in [-0.1, -0.05) is 28.9 Å². The largest absolute Gasteiger partial charge is 0.396 e. The molecule has 0 saturated carbocycles. The van der Waals surface area contributed by atoms with Gasteiger partial charge in [0.25, 0.3) is 5.91 Å². The Balaban J connectivity index is 2.72. The molecule has 0 aliphatic rings. The first kappa shape index (κ1) is 14.2. The first-order valence-corrected chi connectivity index (χ1v) is 6.55. The normalized spacial score (nSPS) is 12.2. The fraction of sp³-hybridized carbons (Fsp3) is 0.462. The van der Waals surface area contributed by atoms with Gasteiger partial charge in [0.1, 0.15) is 0 Å². The van der Waals surface area contributed by atoms with Crippen LogP contribution in [0.15, 0.2) is 22.7 Å². The fourth-order valence-corrected chi connectivity index (χ4v) is 1.92. The standard InChI is InChI=1S/C13H18BrNO2/c1-3-11(6-7-16)15-13(17)10-5-4-9(2)12(14)8-10/h4-5,8,11,16H,3,6-7H2,1-2H3,(H,15,17). The fourth-order valence-electron chi connectivity index (χ4n) is 1.54. The second kappa shape index (κ2) is 6.77. The predicted octanol–water partition coefficient (Wildman–Crippen LogP) is 2.65. The third-order valence-corrected chi connectivity index (χ3v) is 3.59. The Morgan fingerprint density at radius 1 is 1.53 bits per heavy atom. The highest BCUT2D eigenvalue weighted by Crippen LogP contribution is 2.17. The second-order valence-corrected chi connectivity index (χ2v) is 4.91. The highest BCUT2D eigenvalue weighted by molar-refractivity contribution is 9.10. The molecule has 0 saturated heterocycles. The van der Waals surface area contributed by atoms with Crippen molar-refractivity contribution in [1.82, 2.24) is 5.32 Å². The summed E-state index contributed by atoms with van der Waals surface area (Å²) in [7, 11) is 0. The molecule has 4 heteroatoms. The van der Waals surface area contributed by atoms with E-state index in [0.717, 1.165) is 16.5 Å². The maximum atomic E-state index is 11.9. The van der Waals surface area contributed by atoms with Crippen molar-refractivity contribution < 1.29 is 9.90 Å². The Morgan fingerprint density at radius 2 is 2.24 bits per heavy atom. The lowest BCUT2D eigenvalue weighted by Gasteiger charge is -2.15. The maximum Gasteiger partial charge on any atom is 0.251 e. The zero-order valence-electron chi connectivity index (χ0n) is 10.2. The van der Waals surface area contributed by atoms with Crippen LogP contribution in [0.25, 0.3) is 0 Å². The summed E-state index contributed by atoms with van der Waals surface area (Å²) >= 11 is 3.41. The van der Waals surface area contributed by atoms with E-state index in [0.29, 0.717) is 12.0 Å². The maximum absolute atomic E-state index is 11.9. The van der Waals surface area contributed by atoms with Crippen LogP contribution in [0.3, 0.4) is 0 Å². The molecular weight excluding hydrogens is 282 g/mol. The van der Waals surface area contributed by atoms with E-state index in [9.17, 15) is 4.79 Å². The number of hydrogen-bond donors (Lipinski definition) is 2. The molecule has 1 aromatic carbocycles. The first-order valence-electron chi connectivity index (χ1n) is 5.76. The van der Waals surface area contributed by atoms with Gasteiger partial charge in [0.05, 0.1) is 0 Å². The SMILES string of the molecule is CCC(CCO)NC(=O)c1ccc(C)c(Br)c1. The van der Waals surface area contributed by atoms with Crippen LogP contribution < -0.4 is 5.32 Å². The van der Waals surface area contributed by atoms with Gasteiger partial charge >= 0.3 is 0 Å². The highest BCUT2D eigenvalue weighted by Gasteiger charge is 2.12. The number of amides is 1. The smallest absolute Gasteiger partial charge is 0.251 e. The molecule has 0 spiro atoms. The molecule has 0 heterocycles. The molecule has 1 unspecified atom stereocenters. The number of aliphatic hydroxyl groups excluding tert-OH is 1. The number of halogens is 1. The minimum atomic E-state index is -0.0917. The topological polar surface area (TPSA) is 49.3 Å². The van der Waals surface area contributed by atoms with E-state index in [1.165, 1.54) is 0 Å². The summed E-state index contributed by atoms with van der Waals surface area (Å²) in [4.78, 5) is 11.9. The lowest BCUT2D eigenvalue weighted by Crippen LogP contribution is -2.35. The minimum absolute atomic E-state index is 0.0348. The zero-order chi connectivity index (χ0) is 12.8. The quantitative estimate of drug-likeness (QED) is 0.878. The molecule has 0 aliphatic carbocycles. The molecule has 2 N–H and O–H groups in total. The molecule has 0 aliphatic heterocycles. The number of nitrogens with one attached hydrogen (secondary N) is 1. The predicted molar refractivity (Wildman–Crippen MR) is 72.1 cm³/mol. The molecule has 0 bridgehead atoms. The molecule has 1 atom stereocenters. The summed E-state index contributed by atoms with van der Waals surface area (Å²) in [6.07, 6.45) is 1.41. The number of rotatable bonds is 5. The third kappa shape index (κ3) is 4.13. The summed E-state index contributed by atoms with van der Waals surface area (Å²) < 4.78 is 0.931. The van der Waals surface area contributed by atoms with Crippen LogP contribution in [0.1, 0.15) is 35.7 Å². The van der Waals surface area contributed by atoms with Crippen molar-refractivity contribution in [3.8, 4) is 0 Å². The number of aryl methyl sites for hydroxylation is 1. The molecule has 1 amide bonds. The summed E-state index contributed by atoms with van der Waals surface area (Å²) in [6, 6.07) is 5.57. The van der Waals surface area contributed by atoms with Crippen LogP contribution in [0.4, 0.5) is 0 Å². The number of benzene rings is 1. The van der Waals surface area contributed by atoms with Crippen LogP contribution in [-0.2, 0) is 0 Å². The Bertz CT molecular complexity index is 393. The van der Waals surface area contributed by atoms with Gasteiger partial charge in [0, 0.05) is 22.7 Å². The van der Waals surface area contributed by atoms with Crippen molar-refractivity contribution in [2.24, 2.45) is 0 Å². The van der Waals surface area contributed by atoms with Gasteiger partial charge in [-0.15, -0.1) is 0 Å². The lowest BCUT2D eigenvalue weighted by atomic mass is 10.1. The van der Waals surface area contributed by atoms with E-state index in [1.807, 2.05) is 26.0 Å². The first-order chi connectivity index (χ1) is 8.08. The minimum Gasteiger partial charge on any atom is -0.396 e. The number of hydrogen-bond acceptors (Lipinski definition) is 2. The molecule has 1 aromatic rings. The monoisotopic (exact) mass is 299 g/mol. The summed E-state index contributed by atoms with van der Waals surface area (Å²) in [5.74, 6) is -0.0917. The second-order valence-electron chi connectivity index (χ2n) is 4.05. The van der Waals surface area contributed by atoms with Crippen LogP contribution in [0.2, 0.25) is 0 Å².